The molecule has 8 heteroatoms. The van der Waals surface area contributed by atoms with E-state index in [0.29, 0.717) is 5.16 Å². The van der Waals surface area contributed by atoms with Crippen molar-refractivity contribution in [3.63, 3.8) is 0 Å². The lowest BCUT2D eigenvalue weighted by Crippen LogP contribution is -2.22. The van der Waals surface area contributed by atoms with Crippen molar-refractivity contribution in [3.05, 3.63) is 51.9 Å². The van der Waals surface area contributed by atoms with Gasteiger partial charge in [0.05, 0.1) is 6.21 Å². The Kier molecular flexibility index (Phi) is 6.76. The lowest BCUT2D eigenvalue weighted by Gasteiger charge is -2.20. The number of benzene rings is 1. The van der Waals surface area contributed by atoms with E-state index in [1.807, 2.05) is 24.3 Å². The molecule has 25 heavy (non-hydrogen) atoms. The van der Waals surface area contributed by atoms with Crippen molar-refractivity contribution < 1.29 is 4.79 Å². The summed E-state index contributed by atoms with van der Waals surface area (Å²) in [6, 6.07) is 9.03. The van der Waals surface area contributed by atoms with Gasteiger partial charge < -0.3 is 9.88 Å². The van der Waals surface area contributed by atoms with E-state index in [0.717, 1.165) is 30.4 Å². The summed E-state index contributed by atoms with van der Waals surface area (Å²) in [5.74, 6) is -0.530. The number of rotatable bonds is 7. The molecule has 0 aliphatic carbocycles. The maximum atomic E-state index is 12.0. The molecule has 1 aromatic carbocycles. The summed E-state index contributed by atoms with van der Waals surface area (Å²) in [6.07, 6.45) is 3.31. The van der Waals surface area contributed by atoms with E-state index >= 15 is 0 Å². The Labute approximate surface area is 150 Å². The molecule has 0 spiro atoms. The lowest BCUT2D eigenvalue weighted by atomic mass is 10.2. The van der Waals surface area contributed by atoms with Gasteiger partial charge in [-0.15, -0.1) is 0 Å². The summed E-state index contributed by atoms with van der Waals surface area (Å²) in [4.78, 5) is 32.3. The van der Waals surface area contributed by atoms with Crippen LogP contribution in [-0.4, -0.2) is 41.4 Å². The second-order valence-corrected chi connectivity index (χ2v) is 5.90. The van der Waals surface area contributed by atoms with Crippen LogP contribution in [0.4, 0.5) is 5.69 Å². The van der Waals surface area contributed by atoms with E-state index in [1.54, 1.807) is 12.5 Å². The van der Waals surface area contributed by atoms with Gasteiger partial charge in [0.25, 0.3) is 11.5 Å². The smallest absolute Gasteiger partial charge is 0.290 e. The van der Waals surface area contributed by atoms with Crippen molar-refractivity contribution in [1.29, 1.82) is 0 Å². The fourth-order valence-electron chi connectivity index (χ4n) is 2.23. The number of hydrogen-bond acceptors (Lipinski definition) is 6. The Hall–Kier alpha value is -2.61. The Morgan fingerprint density at radius 1 is 1.32 bits per heavy atom. The van der Waals surface area contributed by atoms with Gasteiger partial charge in [-0.1, -0.05) is 23.9 Å². The van der Waals surface area contributed by atoms with Gasteiger partial charge >= 0.3 is 0 Å². The third kappa shape index (κ3) is 5.18. The first-order valence-electron chi connectivity index (χ1n) is 7.91. The van der Waals surface area contributed by atoms with Crippen LogP contribution < -0.4 is 15.9 Å². The number of aromatic amines is 1. The van der Waals surface area contributed by atoms with Crippen LogP contribution in [0.3, 0.4) is 0 Å². The number of carbonyl (C=O) groups excluding carboxylic acids is 1. The third-order valence-corrected chi connectivity index (χ3v) is 4.13. The van der Waals surface area contributed by atoms with Crippen molar-refractivity contribution in [3.8, 4) is 0 Å². The molecule has 0 saturated carbocycles. The zero-order chi connectivity index (χ0) is 18.2. The van der Waals surface area contributed by atoms with Gasteiger partial charge in [0.1, 0.15) is 5.69 Å². The molecule has 0 unspecified atom stereocenters. The topological polar surface area (TPSA) is 90.5 Å². The predicted molar refractivity (Wildman–Crippen MR) is 102 cm³/mol. The fraction of sp³-hybridized carbons (Fsp3) is 0.294. The summed E-state index contributed by atoms with van der Waals surface area (Å²) >= 11 is 1.25. The van der Waals surface area contributed by atoms with Gasteiger partial charge in [0.15, 0.2) is 5.16 Å². The largest absolute Gasteiger partial charge is 0.372 e. The van der Waals surface area contributed by atoms with Crippen LogP contribution in [0.5, 0.6) is 0 Å². The second kappa shape index (κ2) is 9.03. The SMILES string of the molecule is CCN(CC)c1ccc(/C=N\NC(=O)c2cc(=O)[nH]c(SC)n2)cc1. The zero-order valence-corrected chi connectivity index (χ0v) is 15.3. The fourth-order valence-corrected chi connectivity index (χ4v) is 2.62. The lowest BCUT2D eigenvalue weighted by molar-refractivity contribution is 0.0949. The number of amides is 1. The number of nitrogens with one attached hydrogen (secondary N) is 2. The van der Waals surface area contributed by atoms with Crippen molar-refractivity contribution >= 4 is 29.6 Å². The molecule has 1 heterocycles. The second-order valence-electron chi connectivity index (χ2n) is 5.10. The average Bonchev–Trinajstić information content (AvgIpc) is 2.63. The number of carbonyl (C=O) groups is 1. The molecule has 1 aromatic heterocycles. The summed E-state index contributed by atoms with van der Waals surface area (Å²) in [5.41, 5.74) is 4.04. The minimum Gasteiger partial charge on any atom is -0.372 e. The van der Waals surface area contributed by atoms with Gasteiger partial charge in [-0.2, -0.15) is 5.10 Å². The molecular weight excluding hydrogens is 338 g/mol. The maximum Gasteiger partial charge on any atom is 0.290 e. The Bertz CT molecular complexity index is 797. The summed E-state index contributed by atoms with van der Waals surface area (Å²) in [5, 5.41) is 4.30. The first kappa shape index (κ1) is 18.7. The molecule has 0 fully saturated rings. The van der Waals surface area contributed by atoms with E-state index in [1.165, 1.54) is 11.8 Å². The molecular formula is C17H21N5O2S. The van der Waals surface area contributed by atoms with Gasteiger partial charge in [-0.25, -0.2) is 10.4 Å². The number of aromatic nitrogens is 2. The van der Waals surface area contributed by atoms with E-state index in [-0.39, 0.29) is 11.3 Å². The highest BCUT2D eigenvalue weighted by atomic mass is 32.2. The van der Waals surface area contributed by atoms with Crippen LogP contribution in [0.15, 0.2) is 45.4 Å². The van der Waals surface area contributed by atoms with E-state index in [2.05, 4.69) is 39.2 Å². The number of hydrogen-bond donors (Lipinski definition) is 2. The number of H-pyrrole nitrogens is 1. The highest BCUT2D eigenvalue weighted by molar-refractivity contribution is 7.98. The zero-order valence-electron chi connectivity index (χ0n) is 14.4. The number of thioether (sulfide) groups is 1. The van der Waals surface area contributed by atoms with Gasteiger partial charge in [-0.3, -0.25) is 9.59 Å². The van der Waals surface area contributed by atoms with Crippen molar-refractivity contribution in [2.24, 2.45) is 5.10 Å². The minimum absolute atomic E-state index is 0.0298. The highest BCUT2D eigenvalue weighted by Crippen LogP contribution is 2.14. The van der Waals surface area contributed by atoms with E-state index < -0.39 is 5.91 Å². The number of hydrazone groups is 1. The molecule has 2 N–H and O–H groups in total. The molecule has 1 amide bonds. The number of anilines is 1. The molecule has 0 aliphatic heterocycles. The van der Waals surface area contributed by atoms with Crippen LogP contribution in [0.2, 0.25) is 0 Å². The molecule has 0 bridgehead atoms. The Morgan fingerprint density at radius 3 is 2.60 bits per heavy atom. The first-order chi connectivity index (χ1) is 12.1. The first-order valence-corrected chi connectivity index (χ1v) is 9.13. The normalized spacial score (nSPS) is 10.8. The maximum absolute atomic E-state index is 12.0. The quantitative estimate of drug-likeness (QED) is 0.342. The Balaban J connectivity index is 2.02. The van der Waals surface area contributed by atoms with Crippen LogP contribution in [0.1, 0.15) is 29.9 Å². The summed E-state index contributed by atoms with van der Waals surface area (Å²) in [6.45, 7) is 6.11. The molecule has 132 valence electrons. The minimum atomic E-state index is -0.530. The summed E-state index contributed by atoms with van der Waals surface area (Å²) < 4.78 is 0. The predicted octanol–water partition coefficient (Wildman–Crippen LogP) is 2.10. The van der Waals surface area contributed by atoms with Gasteiger partial charge in [0.2, 0.25) is 0 Å². The molecule has 0 saturated heterocycles. The third-order valence-electron chi connectivity index (χ3n) is 3.55. The molecule has 0 radical (unpaired) electrons. The van der Waals surface area contributed by atoms with Crippen LogP contribution in [0, 0.1) is 0 Å². The average molecular weight is 359 g/mol. The van der Waals surface area contributed by atoms with Crippen molar-refractivity contribution in [1.82, 2.24) is 15.4 Å². The van der Waals surface area contributed by atoms with Gasteiger partial charge in [0, 0.05) is 24.8 Å². The van der Waals surface area contributed by atoms with Crippen molar-refractivity contribution in [2.45, 2.75) is 19.0 Å². The standard InChI is InChI=1S/C17H21N5O2S/c1-4-22(5-2)13-8-6-12(7-9-13)11-18-21-16(24)14-10-15(23)20-17(19-14)25-3/h6-11H,4-5H2,1-3H3,(H,21,24)(H,19,20,23)/b18-11-. The van der Waals surface area contributed by atoms with Crippen LogP contribution in [-0.2, 0) is 0 Å². The van der Waals surface area contributed by atoms with E-state index in [9.17, 15) is 9.59 Å². The molecule has 2 rings (SSSR count). The summed E-state index contributed by atoms with van der Waals surface area (Å²) in [7, 11) is 0. The van der Waals surface area contributed by atoms with Crippen molar-refractivity contribution in [2.75, 3.05) is 24.2 Å². The number of nitrogens with zero attached hydrogens (tertiary/aromatic N) is 3. The molecule has 0 aliphatic rings. The van der Waals surface area contributed by atoms with Gasteiger partial charge in [-0.05, 0) is 37.8 Å². The monoisotopic (exact) mass is 359 g/mol. The molecule has 0 atom stereocenters. The molecule has 7 nitrogen and oxygen atoms in total. The van der Waals surface area contributed by atoms with Crippen LogP contribution in [0.25, 0.3) is 0 Å². The Morgan fingerprint density at radius 2 is 2.00 bits per heavy atom. The highest BCUT2D eigenvalue weighted by Gasteiger charge is 2.09. The van der Waals surface area contributed by atoms with Crippen LogP contribution >= 0.6 is 11.8 Å². The molecule has 2 aromatic rings. The van der Waals surface area contributed by atoms with E-state index in [4.69, 9.17) is 0 Å².